The largest absolute Gasteiger partial charge is 0.369 e. The number of aromatic nitrogens is 1. The van der Waals surface area contributed by atoms with Gasteiger partial charge in [0, 0.05) is 52.7 Å². The van der Waals surface area contributed by atoms with Crippen LogP contribution in [0.2, 0.25) is 0 Å². The van der Waals surface area contributed by atoms with Crippen LogP contribution in [0.5, 0.6) is 0 Å². The maximum atomic E-state index is 11.5. The molecule has 1 aliphatic heterocycles. The molecule has 6 heteroatoms. The first-order chi connectivity index (χ1) is 13.5. The first-order valence-corrected chi connectivity index (χ1v) is 10.6. The van der Waals surface area contributed by atoms with E-state index < -0.39 is 0 Å². The zero-order valence-corrected chi connectivity index (χ0v) is 17.9. The molecule has 0 saturated carbocycles. The third kappa shape index (κ3) is 3.84. The Bertz CT molecular complexity index is 1020. The highest BCUT2D eigenvalue weighted by atomic mass is 79.9. The van der Waals surface area contributed by atoms with Gasteiger partial charge in [-0.2, -0.15) is 0 Å². The van der Waals surface area contributed by atoms with Gasteiger partial charge in [0.2, 0.25) is 5.91 Å². The number of rotatable bonds is 4. The molecule has 0 atom stereocenters. The highest BCUT2D eigenvalue weighted by molar-refractivity contribution is 9.10. The van der Waals surface area contributed by atoms with Crippen LogP contribution in [-0.4, -0.2) is 33.5 Å². The summed E-state index contributed by atoms with van der Waals surface area (Å²) in [7, 11) is 0. The lowest BCUT2D eigenvalue weighted by atomic mass is 9.96. The van der Waals surface area contributed by atoms with Crippen LogP contribution in [0.25, 0.3) is 10.9 Å². The molecule has 2 heterocycles. The molecular formula is C22H22BrN3OS. The molecule has 4 rings (SSSR count). The van der Waals surface area contributed by atoms with Crippen molar-refractivity contribution in [3.63, 3.8) is 0 Å². The van der Waals surface area contributed by atoms with Gasteiger partial charge in [-0.25, -0.2) is 0 Å². The third-order valence-corrected chi connectivity index (χ3v) is 6.43. The van der Waals surface area contributed by atoms with Gasteiger partial charge in [0.05, 0.1) is 0 Å². The molecule has 1 amide bonds. The van der Waals surface area contributed by atoms with Gasteiger partial charge < -0.3 is 15.2 Å². The van der Waals surface area contributed by atoms with Gasteiger partial charge >= 0.3 is 0 Å². The molecule has 28 heavy (non-hydrogen) atoms. The van der Waals surface area contributed by atoms with E-state index in [1.165, 1.54) is 5.56 Å². The van der Waals surface area contributed by atoms with Crippen molar-refractivity contribution in [2.75, 3.05) is 13.1 Å². The number of nitrogens with two attached hydrogens (primary N) is 1. The minimum atomic E-state index is -0.200. The lowest BCUT2D eigenvalue weighted by molar-refractivity contribution is -0.122. The van der Waals surface area contributed by atoms with Gasteiger partial charge in [0.1, 0.15) is 4.99 Å². The number of carbonyl (C=O) groups excluding carboxylic acids is 1. The van der Waals surface area contributed by atoms with Crippen LogP contribution in [0, 0.1) is 5.92 Å². The van der Waals surface area contributed by atoms with Gasteiger partial charge in [0.25, 0.3) is 0 Å². The Kier molecular flexibility index (Phi) is 5.51. The molecule has 4 nitrogen and oxygen atoms in total. The number of halogens is 1. The summed E-state index contributed by atoms with van der Waals surface area (Å²) in [6.45, 7) is 2.34. The molecule has 2 N–H and O–H groups in total. The molecule has 1 aromatic heterocycles. The third-order valence-electron chi connectivity index (χ3n) is 5.45. The molecule has 3 aromatic rings. The predicted molar refractivity (Wildman–Crippen MR) is 120 cm³/mol. The van der Waals surface area contributed by atoms with Crippen LogP contribution in [0.1, 0.15) is 24.0 Å². The van der Waals surface area contributed by atoms with Gasteiger partial charge in [-0.3, -0.25) is 4.79 Å². The van der Waals surface area contributed by atoms with E-state index in [1.54, 1.807) is 0 Å². The zero-order valence-electron chi connectivity index (χ0n) is 15.5. The van der Waals surface area contributed by atoms with Crippen molar-refractivity contribution >= 4 is 49.9 Å². The van der Waals surface area contributed by atoms with E-state index in [0.29, 0.717) is 0 Å². The second-order valence-electron chi connectivity index (χ2n) is 7.29. The molecule has 1 fully saturated rings. The van der Waals surface area contributed by atoms with Crippen molar-refractivity contribution in [1.29, 1.82) is 0 Å². The minimum Gasteiger partial charge on any atom is -0.369 e. The maximum Gasteiger partial charge on any atom is 0.220 e. The van der Waals surface area contributed by atoms with Crippen LogP contribution < -0.4 is 5.73 Å². The van der Waals surface area contributed by atoms with E-state index in [-0.39, 0.29) is 11.8 Å². The van der Waals surface area contributed by atoms with Crippen LogP contribution in [0.4, 0.5) is 0 Å². The van der Waals surface area contributed by atoms with Crippen LogP contribution in [-0.2, 0) is 11.3 Å². The van der Waals surface area contributed by atoms with E-state index in [4.69, 9.17) is 18.0 Å². The predicted octanol–water partition coefficient (Wildman–Crippen LogP) is 4.32. The molecule has 0 spiro atoms. The average molecular weight is 456 g/mol. The molecule has 0 radical (unpaired) electrons. The number of hydrogen-bond donors (Lipinski definition) is 1. The number of amides is 1. The molecule has 0 bridgehead atoms. The summed E-state index contributed by atoms with van der Waals surface area (Å²) in [5, 5.41) is 1.15. The smallest absolute Gasteiger partial charge is 0.220 e. The standard InChI is InChI=1S/C22H22BrN3OS/c23-17-6-7-20-18(12-17)19(14-26(20)13-15-4-2-1-3-5-15)22(28)25-10-8-16(9-11-25)21(24)27/h1-7,12,14,16H,8-11,13H2,(H2,24,27). The summed E-state index contributed by atoms with van der Waals surface area (Å²) in [5.74, 6) is -0.235. The van der Waals surface area contributed by atoms with Gasteiger partial charge in [-0.15, -0.1) is 0 Å². The molecule has 0 aliphatic carbocycles. The van der Waals surface area contributed by atoms with E-state index >= 15 is 0 Å². The summed E-state index contributed by atoms with van der Waals surface area (Å²) in [4.78, 5) is 14.5. The Morgan fingerprint density at radius 2 is 1.86 bits per heavy atom. The number of thiocarbonyl (C=S) groups is 1. The molecule has 1 aliphatic rings. The van der Waals surface area contributed by atoms with Gasteiger partial charge in [-0.05, 0) is 36.6 Å². The Morgan fingerprint density at radius 3 is 2.54 bits per heavy atom. The van der Waals surface area contributed by atoms with Crippen molar-refractivity contribution in [3.8, 4) is 0 Å². The van der Waals surface area contributed by atoms with Crippen molar-refractivity contribution in [1.82, 2.24) is 9.47 Å². The number of benzene rings is 2. The second kappa shape index (κ2) is 8.05. The van der Waals surface area contributed by atoms with Crippen molar-refractivity contribution in [2.45, 2.75) is 19.4 Å². The van der Waals surface area contributed by atoms with Crippen LogP contribution >= 0.6 is 28.1 Å². The highest BCUT2D eigenvalue weighted by Gasteiger charge is 2.26. The number of hydrogen-bond acceptors (Lipinski definition) is 2. The minimum absolute atomic E-state index is 0.0346. The van der Waals surface area contributed by atoms with E-state index in [9.17, 15) is 4.79 Å². The number of primary amides is 1. The zero-order chi connectivity index (χ0) is 19.7. The van der Waals surface area contributed by atoms with E-state index in [0.717, 1.165) is 58.4 Å². The van der Waals surface area contributed by atoms with Gasteiger partial charge in [0.15, 0.2) is 0 Å². The van der Waals surface area contributed by atoms with Gasteiger partial charge in [-0.1, -0.05) is 58.5 Å². The fourth-order valence-electron chi connectivity index (χ4n) is 3.89. The quantitative estimate of drug-likeness (QED) is 0.595. The average Bonchev–Trinajstić information content (AvgIpc) is 3.05. The summed E-state index contributed by atoms with van der Waals surface area (Å²) in [5.41, 5.74) is 8.95. The topological polar surface area (TPSA) is 51.3 Å². The fourth-order valence-corrected chi connectivity index (χ4v) is 4.59. The maximum absolute atomic E-state index is 11.5. The number of carbonyl (C=O) groups is 1. The Balaban J connectivity index is 1.66. The van der Waals surface area contributed by atoms with E-state index in [2.05, 4.69) is 74.1 Å². The number of likely N-dealkylation sites (tertiary alicyclic amines) is 1. The van der Waals surface area contributed by atoms with Crippen molar-refractivity contribution in [2.24, 2.45) is 11.7 Å². The molecule has 2 aromatic carbocycles. The Hall–Kier alpha value is -2.18. The van der Waals surface area contributed by atoms with Crippen molar-refractivity contribution in [3.05, 3.63) is 70.3 Å². The summed E-state index contributed by atoms with van der Waals surface area (Å²) in [6.07, 6.45) is 3.69. The SMILES string of the molecule is NC(=O)C1CCN(C(=S)c2cn(Cc3ccccc3)c3ccc(Br)cc23)CC1. The summed E-state index contributed by atoms with van der Waals surface area (Å²) < 4.78 is 3.29. The number of piperidine rings is 1. The molecule has 0 unspecified atom stereocenters. The lowest BCUT2D eigenvalue weighted by Crippen LogP contribution is -2.41. The number of nitrogens with zero attached hydrogens (tertiary/aromatic N) is 2. The molecular weight excluding hydrogens is 434 g/mol. The second-order valence-corrected chi connectivity index (χ2v) is 8.59. The van der Waals surface area contributed by atoms with Crippen LogP contribution in [0.15, 0.2) is 59.2 Å². The Labute approximate surface area is 178 Å². The summed E-state index contributed by atoms with van der Waals surface area (Å²) in [6, 6.07) is 16.8. The monoisotopic (exact) mass is 455 g/mol. The van der Waals surface area contributed by atoms with Crippen LogP contribution in [0.3, 0.4) is 0 Å². The van der Waals surface area contributed by atoms with Crippen molar-refractivity contribution < 1.29 is 4.79 Å². The lowest BCUT2D eigenvalue weighted by Gasteiger charge is -2.32. The normalized spacial score (nSPS) is 15.1. The fraction of sp³-hybridized carbons (Fsp3) is 0.273. The number of fused-ring (bicyclic) bond motifs is 1. The molecule has 1 saturated heterocycles. The first-order valence-electron chi connectivity index (χ1n) is 9.44. The molecule has 144 valence electrons. The Morgan fingerprint density at radius 1 is 1.14 bits per heavy atom. The van der Waals surface area contributed by atoms with E-state index in [1.807, 2.05) is 6.07 Å². The first kappa shape index (κ1) is 19.2. The highest BCUT2D eigenvalue weighted by Crippen LogP contribution is 2.29. The summed E-state index contributed by atoms with van der Waals surface area (Å²) >= 11 is 9.47.